The van der Waals surface area contributed by atoms with Gasteiger partial charge in [0.2, 0.25) is 0 Å². The first-order valence-electron chi connectivity index (χ1n) is 9.84. The van der Waals surface area contributed by atoms with Crippen molar-refractivity contribution in [2.45, 2.75) is 51.7 Å². The van der Waals surface area contributed by atoms with E-state index in [4.69, 9.17) is 21.1 Å². The normalized spacial score (nSPS) is 15.9. The third-order valence-electron chi connectivity index (χ3n) is 4.88. The van der Waals surface area contributed by atoms with Crippen LogP contribution in [0.25, 0.3) is 10.9 Å². The van der Waals surface area contributed by atoms with Crippen molar-refractivity contribution in [3.05, 3.63) is 49.9 Å². The zero-order valence-electron chi connectivity index (χ0n) is 17.3. The molecule has 2 aromatic heterocycles. The number of aromatic nitrogens is 3. The van der Waals surface area contributed by atoms with Crippen molar-refractivity contribution in [2.75, 3.05) is 0 Å². The number of ether oxygens (including phenoxy) is 2. The molecular weight excluding hydrogens is 531 g/mol. The van der Waals surface area contributed by atoms with Gasteiger partial charge in [-0.3, -0.25) is 0 Å². The van der Waals surface area contributed by atoms with E-state index >= 15 is 0 Å². The molecule has 0 radical (unpaired) electrons. The third-order valence-corrected chi connectivity index (χ3v) is 5.96. The molecule has 0 spiro atoms. The zero-order valence-corrected chi connectivity index (χ0v) is 20.2. The second-order valence-corrected chi connectivity index (χ2v) is 9.72. The van der Waals surface area contributed by atoms with Crippen LogP contribution in [0.15, 0.2) is 24.3 Å². The fourth-order valence-corrected chi connectivity index (χ4v) is 4.41. The number of aryl methyl sites for hydroxylation is 1. The van der Waals surface area contributed by atoms with E-state index in [-0.39, 0.29) is 11.3 Å². The Morgan fingerprint density at radius 3 is 2.84 bits per heavy atom. The van der Waals surface area contributed by atoms with Gasteiger partial charge >= 0.3 is 6.09 Å². The molecule has 7 nitrogen and oxygen atoms in total. The van der Waals surface area contributed by atoms with Gasteiger partial charge in [-0.15, -0.1) is 0 Å². The average Bonchev–Trinajstić information content (AvgIpc) is 3.03. The smallest absolute Gasteiger partial charge is 0.435 e. The van der Waals surface area contributed by atoms with E-state index < -0.39 is 11.7 Å². The number of hydrogen-bond donors (Lipinski definition) is 0. The molecule has 0 N–H and O–H groups in total. The van der Waals surface area contributed by atoms with Crippen molar-refractivity contribution < 1.29 is 14.3 Å². The van der Waals surface area contributed by atoms with E-state index in [0.717, 1.165) is 35.9 Å². The Hall–Kier alpha value is -2.38. The van der Waals surface area contributed by atoms with E-state index in [2.05, 4.69) is 38.7 Å². The molecule has 0 bridgehead atoms. The van der Waals surface area contributed by atoms with E-state index in [1.54, 1.807) is 18.2 Å². The number of pyridine rings is 1. The van der Waals surface area contributed by atoms with E-state index in [9.17, 15) is 10.1 Å². The number of nitriles is 1. The Kier molecular flexibility index (Phi) is 5.83. The molecule has 3 aromatic rings. The second kappa shape index (κ2) is 8.28. The van der Waals surface area contributed by atoms with E-state index in [1.165, 1.54) is 4.68 Å². The maximum Gasteiger partial charge on any atom is 0.435 e. The summed E-state index contributed by atoms with van der Waals surface area (Å²) in [4.78, 5) is 17.0. The van der Waals surface area contributed by atoms with Gasteiger partial charge in [0.15, 0.2) is 0 Å². The summed E-state index contributed by atoms with van der Waals surface area (Å²) < 4.78 is 13.7. The molecule has 2 heterocycles. The fourth-order valence-electron chi connectivity index (χ4n) is 3.57. The van der Waals surface area contributed by atoms with Crippen LogP contribution < -0.4 is 4.74 Å². The highest BCUT2D eigenvalue weighted by atomic mass is 127. The minimum Gasteiger partial charge on any atom is -0.484 e. The summed E-state index contributed by atoms with van der Waals surface area (Å²) in [6.07, 6.45) is 1.79. The lowest BCUT2D eigenvalue weighted by Crippen LogP contribution is -2.27. The average molecular weight is 551 g/mol. The Bertz CT molecular complexity index is 1230. The van der Waals surface area contributed by atoms with Gasteiger partial charge in [0, 0.05) is 5.39 Å². The highest BCUT2D eigenvalue weighted by Crippen LogP contribution is 2.35. The summed E-state index contributed by atoms with van der Waals surface area (Å²) in [5, 5.41) is 14.5. The highest BCUT2D eigenvalue weighted by Gasteiger charge is 2.26. The SMILES string of the molecule is CC(C)(C)OC(=O)n1nc(I)c2cc(OC3CCCc4cc(C#N)c(Cl)nc43)ccc21. The molecule has 1 aromatic carbocycles. The molecule has 160 valence electrons. The molecule has 0 fully saturated rings. The van der Waals surface area contributed by atoms with Gasteiger partial charge < -0.3 is 9.47 Å². The molecule has 0 amide bonds. The third kappa shape index (κ3) is 4.48. The Labute approximate surface area is 198 Å². The van der Waals surface area contributed by atoms with Crippen LogP contribution in [0, 0.1) is 15.0 Å². The summed E-state index contributed by atoms with van der Waals surface area (Å²) in [5.41, 5.74) is 2.18. The van der Waals surface area contributed by atoms with Crippen molar-refractivity contribution in [3.63, 3.8) is 0 Å². The van der Waals surface area contributed by atoms with Crippen molar-refractivity contribution in [1.82, 2.24) is 14.8 Å². The van der Waals surface area contributed by atoms with Crippen molar-refractivity contribution in [2.24, 2.45) is 0 Å². The number of carbonyl (C=O) groups excluding carboxylic acids is 1. The molecule has 1 unspecified atom stereocenters. The van der Waals surface area contributed by atoms with Crippen LogP contribution in [0.1, 0.15) is 56.5 Å². The molecule has 4 rings (SSSR count). The molecule has 1 atom stereocenters. The van der Waals surface area contributed by atoms with Crippen molar-refractivity contribution in [1.29, 1.82) is 5.26 Å². The summed E-state index contributed by atoms with van der Waals surface area (Å²) in [6, 6.07) is 9.35. The number of fused-ring (bicyclic) bond motifs is 2. The number of hydrogen-bond acceptors (Lipinski definition) is 6. The van der Waals surface area contributed by atoms with Gasteiger partial charge in [-0.1, -0.05) is 11.6 Å². The standard InChI is InChI=1S/C22H20ClIN4O3/c1-22(2,3)31-21(29)28-16-8-7-14(10-15(16)20(24)27-28)30-17-6-4-5-12-9-13(11-25)19(23)26-18(12)17/h7-10,17H,4-6H2,1-3H3. The van der Waals surface area contributed by atoms with Crippen LogP contribution in [-0.2, 0) is 11.2 Å². The van der Waals surface area contributed by atoms with Crippen LogP contribution in [0.3, 0.4) is 0 Å². The number of benzene rings is 1. The van der Waals surface area contributed by atoms with Crippen molar-refractivity contribution in [3.8, 4) is 11.8 Å². The monoisotopic (exact) mass is 550 g/mol. The minimum atomic E-state index is -0.613. The van der Waals surface area contributed by atoms with Crippen LogP contribution in [-0.4, -0.2) is 26.5 Å². The predicted octanol–water partition coefficient (Wildman–Crippen LogP) is 5.80. The quantitative estimate of drug-likeness (QED) is 0.296. The summed E-state index contributed by atoms with van der Waals surface area (Å²) in [6.45, 7) is 5.44. The molecule has 1 aliphatic rings. The first-order chi connectivity index (χ1) is 14.7. The second-order valence-electron chi connectivity index (χ2n) is 8.34. The number of nitrogens with zero attached hydrogens (tertiary/aromatic N) is 4. The lowest BCUT2D eigenvalue weighted by Gasteiger charge is -2.25. The molecule has 31 heavy (non-hydrogen) atoms. The van der Waals surface area contributed by atoms with Crippen LogP contribution in [0.2, 0.25) is 5.15 Å². The Morgan fingerprint density at radius 2 is 2.13 bits per heavy atom. The highest BCUT2D eigenvalue weighted by molar-refractivity contribution is 14.1. The maximum absolute atomic E-state index is 12.5. The summed E-state index contributed by atoms with van der Waals surface area (Å²) in [5.74, 6) is 0.647. The number of carbonyl (C=O) groups is 1. The van der Waals surface area contributed by atoms with Gasteiger partial charge in [-0.2, -0.15) is 15.0 Å². The van der Waals surface area contributed by atoms with Crippen molar-refractivity contribution >= 4 is 51.2 Å². The largest absolute Gasteiger partial charge is 0.484 e. The molecule has 0 saturated carbocycles. The summed E-state index contributed by atoms with van der Waals surface area (Å²) >= 11 is 8.26. The van der Waals surface area contributed by atoms with Gasteiger partial charge in [-0.25, -0.2) is 9.78 Å². The lowest BCUT2D eigenvalue weighted by molar-refractivity contribution is 0.0522. The molecule has 0 saturated heterocycles. The van der Waals surface area contributed by atoms with Gasteiger partial charge in [0.1, 0.15) is 32.4 Å². The number of rotatable bonds is 2. The zero-order chi connectivity index (χ0) is 22.3. The number of halogens is 2. The molecular formula is C22H20ClIN4O3. The van der Waals surface area contributed by atoms with Gasteiger partial charge in [0.25, 0.3) is 0 Å². The van der Waals surface area contributed by atoms with E-state index in [0.29, 0.717) is 20.5 Å². The first kappa shape index (κ1) is 21.8. The summed E-state index contributed by atoms with van der Waals surface area (Å²) in [7, 11) is 0. The minimum absolute atomic E-state index is 0.195. The van der Waals surface area contributed by atoms with Crippen LogP contribution >= 0.6 is 34.2 Å². The van der Waals surface area contributed by atoms with Crippen LogP contribution in [0.4, 0.5) is 4.79 Å². The maximum atomic E-state index is 12.5. The molecule has 0 aliphatic heterocycles. The topological polar surface area (TPSA) is 90.0 Å². The Balaban J connectivity index is 1.64. The molecule has 9 heteroatoms. The first-order valence-corrected chi connectivity index (χ1v) is 11.3. The van der Waals surface area contributed by atoms with Crippen LogP contribution in [0.5, 0.6) is 5.75 Å². The predicted molar refractivity (Wildman–Crippen MR) is 124 cm³/mol. The Morgan fingerprint density at radius 1 is 1.35 bits per heavy atom. The molecule has 1 aliphatic carbocycles. The lowest BCUT2D eigenvalue weighted by atomic mass is 9.92. The van der Waals surface area contributed by atoms with E-state index in [1.807, 2.05) is 26.8 Å². The fraction of sp³-hybridized carbons (Fsp3) is 0.364. The van der Waals surface area contributed by atoms with Gasteiger partial charge in [0.05, 0.1) is 16.8 Å². The van der Waals surface area contributed by atoms with Gasteiger partial charge in [-0.05, 0) is 92.5 Å².